The minimum absolute atomic E-state index is 0.453. The highest BCUT2D eigenvalue weighted by atomic mass is 32.1. The Morgan fingerprint density at radius 2 is 2.33 bits per heavy atom. The van der Waals surface area contributed by atoms with Gasteiger partial charge in [0.1, 0.15) is 10.9 Å². The van der Waals surface area contributed by atoms with Gasteiger partial charge in [-0.1, -0.05) is 6.92 Å². The molecule has 0 aliphatic heterocycles. The van der Waals surface area contributed by atoms with Crippen LogP contribution in [0.4, 0.5) is 0 Å². The molecule has 0 saturated heterocycles. The zero-order valence-corrected chi connectivity index (χ0v) is 10.0. The van der Waals surface area contributed by atoms with Crippen LogP contribution in [0.5, 0.6) is 0 Å². The van der Waals surface area contributed by atoms with Gasteiger partial charge in [0.15, 0.2) is 0 Å². The number of aliphatic carboxylic acids is 1. The van der Waals surface area contributed by atoms with Gasteiger partial charge in [-0.25, -0.2) is 4.98 Å². The van der Waals surface area contributed by atoms with E-state index >= 15 is 0 Å². The second-order valence-electron chi connectivity index (χ2n) is 3.70. The van der Waals surface area contributed by atoms with Gasteiger partial charge in [-0.3, -0.25) is 4.79 Å². The number of hydrogen-bond donors (Lipinski definition) is 1. The van der Waals surface area contributed by atoms with E-state index in [-0.39, 0.29) is 0 Å². The number of carboxylic acid groups (broad SMARTS) is 1. The van der Waals surface area contributed by atoms with Crippen molar-refractivity contribution in [1.29, 1.82) is 0 Å². The van der Waals surface area contributed by atoms with Crippen LogP contribution in [0.3, 0.4) is 0 Å². The highest BCUT2D eigenvalue weighted by molar-refractivity contribution is 7.11. The lowest BCUT2D eigenvalue weighted by Gasteiger charge is -2.06. The topological polar surface area (TPSA) is 53.4 Å². The largest absolute Gasteiger partial charge is 0.481 e. The van der Waals surface area contributed by atoms with E-state index in [1.807, 2.05) is 25.9 Å². The van der Waals surface area contributed by atoms with E-state index < -0.39 is 11.9 Å². The maximum atomic E-state index is 10.9. The van der Waals surface area contributed by atoms with Crippen molar-refractivity contribution in [1.82, 2.24) is 9.88 Å². The molecule has 1 aromatic rings. The molecule has 1 atom stereocenters. The fourth-order valence-corrected chi connectivity index (χ4v) is 2.54. The zero-order chi connectivity index (χ0) is 11.4. The van der Waals surface area contributed by atoms with Crippen molar-refractivity contribution in [2.24, 2.45) is 0 Å². The molecule has 4 nitrogen and oxygen atoms in total. The van der Waals surface area contributed by atoms with Crippen molar-refractivity contribution < 1.29 is 9.90 Å². The molecule has 0 aromatic carbocycles. The number of carbonyl (C=O) groups is 1. The molecule has 5 heteroatoms. The fraction of sp³-hybridized carbons (Fsp3) is 0.600. The van der Waals surface area contributed by atoms with Gasteiger partial charge in [0.05, 0.1) is 0 Å². The van der Waals surface area contributed by atoms with E-state index in [2.05, 4.69) is 4.98 Å². The summed E-state index contributed by atoms with van der Waals surface area (Å²) in [5, 5.41) is 9.68. The van der Waals surface area contributed by atoms with E-state index in [0.29, 0.717) is 11.4 Å². The van der Waals surface area contributed by atoms with Crippen LogP contribution in [-0.2, 0) is 11.3 Å². The quantitative estimate of drug-likeness (QED) is 0.834. The SMILES string of the molecule is CCC(C(=O)O)c1ncc(CN(C)C)s1. The number of rotatable bonds is 5. The molecule has 15 heavy (non-hydrogen) atoms. The summed E-state index contributed by atoms with van der Waals surface area (Å²) in [7, 11) is 3.96. The standard InChI is InChI=1S/C10H16N2O2S/c1-4-8(10(13)14)9-11-5-7(15-9)6-12(2)3/h5,8H,4,6H2,1-3H3,(H,13,14). The Morgan fingerprint density at radius 1 is 1.67 bits per heavy atom. The van der Waals surface area contributed by atoms with Gasteiger partial charge in [0.25, 0.3) is 0 Å². The predicted octanol–water partition coefficient (Wildman–Crippen LogP) is 1.78. The van der Waals surface area contributed by atoms with Crippen molar-refractivity contribution in [3.63, 3.8) is 0 Å². The summed E-state index contributed by atoms with van der Waals surface area (Å²) < 4.78 is 0. The molecule has 1 rings (SSSR count). The number of aromatic nitrogens is 1. The summed E-state index contributed by atoms with van der Waals surface area (Å²) in [5.74, 6) is -1.24. The third-order valence-electron chi connectivity index (χ3n) is 2.05. The molecule has 1 N–H and O–H groups in total. The van der Waals surface area contributed by atoms with Crippen LogP contribution in [0.15, 0.2) is 6.20 Å². The second-order valence-corrected chi connectivity index (χ2v) is 4.85. The molecular weight excluding hydrogens is 212 g/mol. The normalized spacial score (nSPS) is 13.1. The highest BCUT2D eigenvalue weighted by Crippen LogP contribution is 2.25. The number of hydrogen-bond acceptors (Lipinski definition) is 4. The van der Waals surface area contributed by atoms with Crippen molar-refractivity contribution >= 4 is 17.3 Å². The maximum Gasteiger partial charge on any atom is 0.313 e. The first kappa shape index (κ1) is 12.1. The zero-order valence-electron chi connectivity index (χ0n) is 9.23. The van der Waals surface area contributed by atoms with E-state index in [1.165, 1.54) is 11.3 Å². The van der Waals surface area contributed by atoms with E-state index in [9.17, 15) is 4.79 Å². The van der Waals surface area contributed by atoms with Crippen LogP contribution in [0.1, 0.15) is 29.1 Å². The first-order chi connectivity index (χ1) is 7.04. The van der Waals surface area contributed by atoms with Crippen LogP contribution >= 0.6 is 11.3 Å². The molecule has 0 fully saturated rings. The Kier molecular flexibility index (Phi) is 4.23. The third-order valence-corrected chi connectivity index (χ3v) is 3.14. The molecule has 1 heterocycles. The average molecular weight is 228 g/mol. The number of thiazole rings is 1. The van der Waals surface area contributed by atoms with Gasteiger partial charge in [-0.15, -0.1) is 11.3 Å². The van der Waals surface area contributed by atoms with Gasteiger partial charge >= 0.3 is 5.97 Å². The number of carboxylic acids is 1. The third kappa shape index (κ3) is 3.28. The van der Waals surface area contributed by atoms with Crippen LogP contribution in [-0.4, -0.2) is 35.1 Å². The van der Waals surface area contributed by atoms with Crippen molar-refractivity contribution in [2.45, 2.75) is 25.8 Å². The summed E-state index contributed by atoms with van der Waals surface area (Å²) >= 11 is 1.49. The Bertz CT molecular complexity index is 336. The lowest BCUT2D eigenvalue weighted by atomic mass is 10.1. The number of nitrogens with zero attached hydrogens (tertiary/aromatic N) is 2. The lowest BCUT2D eigenvalue weighted by molar-refractivity contribution is -0.138. The lowest BCUT2D eigenvalue weighted by Crippen LogP contribution is -2.10. The minimum Gasteiger partial charge on any atom is -0.481 e. The Labute approximate surface area is 93.6 Å². The van der Waals surface area contributed by atoms with Crippen LogP contribution < -0.4 is 0 Å². The van der Waals surface area contributed by atoms with Gasteiger partial charge < -0.3 is 10.0 Å². The molecule has 1 aromatic heterocycles. The van der Waals surface area contributed by atoms with Crippen LogP contribution in [0, 0.1) is 0 Å². The van der Waals surface area contributed by atoms with Crippen LogP contribution in [0.2, 0.25) is 0 Å². The van der Waals surface area contributed by atoms with Crippen molar-refractivity contribution in [2.75, 3.05) is 14.1 Å². The van der Waals surface area contributed by atoms with Gasteiger partial charge in [0, 0.05) is 17.6 Å². The van der Waals surface area contributed by atoms with E-state index in [4.69, 9.17) is 5.11 Å². The summed E-state index contributed by atoms with van der Waals surface area (Å²) in [5.41, 5.74) is 0. The average Bonchev–Trinajstić information content (AvgIpc) is 2.52. The fourth-order valence-electron chi connectivity index (χ4n) is 1.32. The molecule has 0 saturated carbocycles. The molecule has 0 bridgehead atoms. The molecule has 84 valence electrons. The monoisotopic (exact) mass is 228 g/mol. The van der Waals surface area contributed by atoms with E-state index in [1.54, 1.807) is 6.20 Å². The molecule has 1 unspecified atom stereocenters. The van der Waals surface area contributed by atoms with Gasteiger partial charge in [0.2, 0.25) is 0 Å². The van der Waals surface area contributed by atoms with Gasteiger partial charge in [-0.2, -0.15) is 0 Å². The summed E-state index contributed by atoms with van der Waals surface area (Å²) in [6.07, 6.45) is 2.36. The molecule has 0 aliphatic rings. The summed E-state index contributed by atoms with van der Waals surface area (Å²) in [6.45, 7) is 2.68. The Hall–Kier alpha value is -0.940. The maximum absolute atomic E-state index is 10.9. The molecular formula is C10H16N2O2S. The highest BCUT2D eigenvalue weighted by Gasteiger charge is 2.21. The molecule has 0 amide bonds. The summed E-state index contributed by atoms with van der Waals surface area (Å²) in [6, 6.07) is 0. The second kappa shape index (κ2) is 5.23. The predicted molar refractivity (Wildman–Crippen MR) is 60.2 cm³/mol. The smallest absolute Gasteiger partial charge is 0.313 e. The first-order valence-corrected chi connectivity index (χ1v) is 5.68. The molecule has 0 aliphatic carbocycles. The first-order valence-electron chi connectivity index (χ1n) is 4.86. The Morgan fingerprint density at radius 3 is 2.80 bits per heavy atom. The minimum atomic E-state index is -0.789. The van der Waals surface area contributed by atoms with Gasteiger partial charge in [-0.05, 0) is 20.5 Å². The molecule has 0 radical (unpaired) electrons. The Balaban J connectivity index is 2.78. The molecule has 0 spiro atoms. The summed E-state index contributed by atoms with van der Waals surface area (Å²) in [4.78, 5) is 18.2. The van der Waals surface area contributed by atoms with Crippen LogP contribution in [0.25, 0.3) is 0 Å². The van der Waals surface area contributed by atoms with Crippen molar-refractivity contribution in [3.05, 3.63) is 16.1 Å². The van der Waals surface area contributed by atoms with Crippen molar-refractivity contribution in [3.8, 4) is 0 Å². The van der Waals surface area contributed by atoms with E-state index in [0.717, 1.165) is 11.4 Å².